The molecule has 0 aliphatic rings. The highest BCUT2D eigenvalue weighted by molar-refractivity contribution is 5.75. The normalized spacial score (nSPS) is 15.0. The minimum Gasteiger partial charge on any atom is -0.345 e. The molecule has 19 heavy (non-hydrogen) atoms. The molecule has 2 unspecified atom stereocenters. The van der Waals surface area contributed by atoms with Gasteiger partial charge in [0.25, 0.3) is 0 Å². The molecule has 1 aromatic heterocycles. The standard InChI is InChI=1S/C15H24N4/c1-10(2)12(8-16-3)15(17-4)11-5-6-13-14(7-11)19-9-18-13/h5-7,9-10,12,15-17H,8H2,1-4H3,(H,18,19). The van der Waals surface area contributed by atoms with E-state index in [2.05, 4.69) is 52.6 Å². The molecule has 104 valence electrons. The summed E-state index contributed by atoms with van der Waals surface area (Å²) in [6, 6.07) is 6.81. The van der Waals surface area contributed by atoms with Gasteiger partial charge in [-0.3, -0.25) is 0 Å². The van der Waals surface area contributed by atoms with Crippen molar-refractivity contribution in [2.45, 2.75) is 19.9 Å². The predicted octanol–water partition coefficient (Wildman–Crippen LogP) is 2.31. The number of hydrogen-bond donors (Lipinski definition) is 3. The monoisotopic (exact) mass is 260 g/mol. The van der Waals surface area contributed by atoms with E-state index in [4.69, 9.17) is 0 Å². The Hall–Kier alpha value is -1.39. The molecule has 2 aromatic rings. The first kappa shape index (κ1) is 14.0. The Bertz CT molecular complexity index is 518. The van der Waals surface area contributed by atoms with Crippen LogP contribution in [0.4, 0.5) is 0 Å². The van der Waals surface area contributed by atoms with E-state index in [1.54, 1.807) is 6.33 Å². The van der Waals surface area contributed by atoms with Gasteiger partial charge in [0.05, 0.1) is 17.4 Å². The van der Waals surface area contributed by atoms with Gasteiger partial charge in [-0.25, -0.2) is 4.98 Å². The molecule has 4 nitrogen and oxygen atoms in total. The summed E-state index contributed by atoms with van der Waals surface area (Å²) < 4.78 is 0. The summed E-state index contributed by atoms with van der Waals surface area (Å²) >= 11 is 0. The summed E-state index contributed by atoms with van der Waals surface area (Å²) in [6.07, 6.45) is 1.75. The van der Waals surface area contributed by atoms with Crippen LogP contribution >= 0.6 is 0 Å². The van der Waals surface area contributed by atoms with Gasteiger partial charge < -0.3 is 15.6 Å². The van der Waals surface area contributed by atoms with Crippen LogP contribution < -0.4 is 10.6 Å². The predicted molar refractivity (Wildman–Crippen MR) is 80.1 cm³/mol. The molecule has 2 rings (SSSR count). The Balaban J connectivity index is 2.33. The number of nitrogens with one attached hydrogen (secondary N) is 3. The Morgan fingerprint density at radius 3 is 2.68 bits per heavy atom. The zero-order chi connectivity index (χ0) is 13.8. The van der Waals surface area contributed by atoms with Crippen LogP contribution in [0.1, 0.15) is 25.5 Å². The van der Waals surface area contributed by atoms with E-state index >= 15 is 0 Å². The molecule has 0 bridgehead atoms. The van der Waals surface area contributed by atoms with E-state index in [1.165, 1.54) is 5.56 Å². The molecule has 3 N–H and O–H groups in total. The Morgan fingerprint density at radius 2 is 2.05 bits per heavy atom. The highest BCUT2D eigenvalue weighted by atomic mass is 14.9. The number of aromatic nitrogens is 2. The van der Waals surface area contributed by atoms with Crippen molar-refractivity contribution in [2.24, 2.45) is 11.8 Å². The molecule has 0 spiro atoms. The second kappa shape index (κ2) is 6.17. The van der Waals surface area contributed by atoms with Crippen LogP contribution in [0.2, 0.25) is 0 Å². The van der Waals surface area contributed by atoms with Crippen molar-refractivity contribution in [1.82, 2.24) is 20.6 Å². The largest absolute Gasteiger partial charge is 0.345 e. The lowest BCUT2D eigenvalue weighted by atomic mass is 9.84. The lowest BCUT2D eigenvalue weighted by molar-refractivity contribution is 0.285. The van der Waals surface area contributed by atoms with E-state index in [0.717, 1.165) is 17.6 Å². The molecule has 0 aliphatic carbocycles. The van der Waals surface area contributed by atoms with Crippen LogP contribution in [0.3, 0.4) is 0 Å². The molecule has 0 fully saturated rings. The first-order valence-electron chi connectivity index (χ1n) is 6.92. The number of rotatable bonds is 6. The van der Waals surface area contributed by atoms with Crippen molar-refractivity contribution in [1.29, 1.82) is 0 Å². The van der Waals surface area contributed by atoms with E-state index in [0.29, 0.717) is 17.9 Å². The van der Waals surface area contributed by atoms with Gasteiger partial charge in [0, 0.05) is 6.04 Å². The van der Waals surface area contributed by atoms with Gasteiger partial charge in [-0.15, -0.1) is 0 Å². The van der Waals surface area contributed by atoms with Crippen LogP contribution in [-0.2, 0) is 0 Å². The summed E-state index contributed by atoms with van der Waals surface area (Å²) in [7, 11) is 4.05. The third-order valence-electron chi connectivity index (χ3n) is 3.84. The van der Waals surface area contributed by atoms with Crippen molar-refractivity contribution >= 4 is 11.0 Å². The molecule has 0 amide bonds. The number of benzene rings is 1. The smallest absolute Gasteiger partial charge is 0.0931 e. The van der Waals surface area contributed by atoms with E-state index in [-0.39, 0.29) is 0 Å². The average Bonchev–Trinajstić information content (AvgIpc) is 2.85. The quantitative estimate of drug-likeness (QED) is 0.747. The molecule has 0 aliphatic heterocycles. The first-order valence-corrected chi connectivity index (χ1v) is 6.92. The van der Waals surface area contributed by atoms with Crippen molar-refractivity contribution in [3.63, 3.8) is 0 Å². The van der Waals surface area contributed by atoms with Crippen LogP contribution in [-0.4, -0.2) is 30.6 Å². The van der Waals surface area contributed by atoms with Gasteiger partial charge in [0.2, 0.25) is 0 Å². The van der Waals surface area contributed by atoms with Crippen molar-refractivity contribution in [3.05, 3.63) is 30.1 Å². The third-order valence-corrected chi connectivity index (χ3v) is 3.84. The molecular weight excluding hydrogens is 236 g/mol. The molecule has 2 atom stereocenters. The maximum absolute atomic E-state index is 4.27. The van der Waals surface area contributed by atoms with E-state index in [1.807, 2.05) is 14.1 Å². The number of H-pyrrole nitrogens is 1. The summed E-state index contributed by atoms with van der Waals surface area (Å²) in [5.74, 6) is 1.16. The lowest BCUT2D eigenvalue weighted by Gasteiger charge is -2.30. The van der Waals surface area contributed by atoms with E-state index in [9.17, 15) is 0 Å². The highest BCUT2D eigenvalue weighted by Gasteiger charge is 2.24. The van der Waals surface area contributed by atoms with Gasteiger partial charge in [-0.2, -0.15) is 0 Å². The maximum Gasteiger partial charge on any atom is 0.0931 e. The fraction of sp³-hybridized carbons (Fsp3) is 0.533. The van der Waals surface area contributed by atoms with Gasteiger partial charge in [0.15, 0.2) is 0 Å². The summed E-state index contributed by atoms with van der Waals surface area (Å²) in [5.41, 5.74) is 3.44. The maximum atomic E-state index is 4.27. The van der Waals surface area contributed by atoms with Gasteiger partial charge in [-0.1, -0.05) is 19.9 Å². The molecule has 0 saturated carbocycles. The molecule has 1 aromatic carbocycles. The Morgan fingerprint density at radius 1 is 1.26 bits per heavy atom. The molecular formula is C15H24N4. The van der Waals surface area contributed by atoms with Crippen LogP contribution in [0.15, 0.2) is 24.5 Å². The fourth-order valence-electron chi connectivity index (χ4n) is 2.75. The second-order valence-corrected chi connectivity index (χ2v) is 5.41. The van der Waals surface area contributed by atoms with Crippen molar-refractivity contribution in [3.8, 4) is 0 Å². The topological polar surface area (TPSA) is 52.7 Å². The minimum absolute atomic E-state index is 0.347. The SMILES string of the molecule is CNCC(C(C)C)C(NC)c1ccc2nc[nH]c2c1. The van der Waals surface area contributed by atoms with Crippen LogP contribution in [0.25, 0.3) is 11.0 Å². The number of aromatic amines is 1. The summed E-state index contributed by atoms with van der Waals surface area (Å²) in [6.45, 7) is 5.56. The molecule has 1 heterocycles. The second-order valence-electron chi connectivity index (χ2n) is 5.41. The van der Waals surface area contributed by atoms with Crippen molar-refractivity contribution in [2.75, 3.05) is 20.6 Å². The number of hydrogen-bond acceptors (Lipinski definition) is 3. The summed E-state index contributed by atoms with van der Waals surface area (Å²) in [5, 5.41) is 6.77. The van der Waals surface area contributed by atoms with E-state index < -0.39 is 0 Å². The third kappa shape index (κ3) is 2.96. The fourth-order valence-corrected chi connectivity index (χ4v) is 2.75. The lowest BCUT2D eigenvalue weighted by Crippen LogP contribution is -2.35. The average molecular weight is 260 g/mol. The van der Waals surface area contributed by atoms with Gasteiger partial charge in [-0.05, 0) is 50.2 Å². The molecule has 4 heteroatoms. The molecule has 0 radical (unpaired) electrons. The summed E-state index contributed by atoms with van der Waals surface area (Å²) in [4.78, 5) is 7.46. The number of nitrogens with zero attached hydrogens (tertiary/aromatic N) is 1. The Labute approximate surface area is 115 Å². The van der Waals surface area contributed by atoms with Gasteiger partial charge >= 0.3 is 0 Å². The first-order chi connectivity index (χ1) is 9.17. The minimum atomic E-state index is 0.347. The van der Waals surface area contributed by atoms with Crippen LogP contribution in [0, 0.1) is 11.8 Å². The highest BCUT2D eigenvalue weighted by Crippen LogP contribution is 2.28. The zero-order valence-corrected chi connectivity index (χ0v) is 12.2. The van der Waals surface area contributed by atoms with Crippen LogP contribution in [0.5, 0.6) is 0 Å². The number of fused-ring (bicyclic) bond motifs is 1. The van der Waals surface area contributed by atoms with Gasteiger partial charge in [0.1, 0.15) is 0 Å². The number of imidazole rings is 1. The molecule has 0 saturated heterocycles. The van der Waals surface area contributed by atoms with Crippen molar-refractivity contribution < 1.29 is 0 Å². The zero-order valence-electron chi connectivity index (χ0n) is 12.2. The Kier molecular flexibility index (Phi) is 4.56.